The van der Waals surface area contributed by atoms with Gasteiger partial charge in [0, 0.05) is 10.3 Å². The van der Waals surface area contributed by atoms with E-state index in [4.69, 9.17) is 0 Å². The van der Waals surface area contributed by atoms with Crippen LogP contribution in [0, 0.1) is 5.82 Å². The Bertz CT molecular complexity index is 718. The predicted molar refractivity (Wildman–Crippen MR) is 74.7 cm³/mol. The highest BCUT2D eigenvalue weighted by molar-refractivity contribution is 7.17. The lowest BCUT2D eigenvalue weighted by molar-refractivity contribution is 0.0990. The van der Waals surface area contributed by atoms with E-state index >= 15 is 0 Å². The summed E-state index contributed by atoms with van der Waals surface area (Å²) < 4.78 is 14.0. The standard InChI is InChI=1S/C15H12FNOS/c1-15(18,13-6-5-11(16)9-17-13)12-4-2-3-10-7-8-19-14(10)12/h2-9,18H,1H3. The van der Waals surface area contributed by atoms with Crippen LogP contribution in [0.1, 0.15) is 18.2 Å². The van der Waals surface area contributed by atoms with Gasteiger partial charge in [-0.1, -0.05) is 18.2 Å². The molecule has 1 atom stereocenters. The molecule has 2 nitrogen and oxygen atoms in total. The SMILES string of the molecule is CC(O)(c1ccc(F)cn1)c1cccc2ccsc12. The van der Waals surface area contributed by atoms with E-state index in [0.29, 0.717) is 5.69 Å². The number of aromatic nitrogens is 1. The number of fused-ring (bicyclic) bond motifs is 1. The highest BCUT2D eigenvalue weighted by Crippen LogP contribution is 2.35. The molecule has 3 aromatic rings. The fourth-order valence-corrected chi connectivity index (χ4v) is 3.19. The molecule has 19 heavy (non-hydrogen) atoms. The lowest BCUT2D eigenvalue weighted by Gasteiger charge is -2.24. The Morgan fingerprint density at radius 2 is 2.05 bits per heavy atom. The summed E-state index contributed by atoms with van der Waals surface area (Å²) in [4.78, 5) is 4.00. The number of thiophene rings is 1. The van der Waals surface area contributed by atoms with Crippen LogP contribution in [0.4, 0.5) is 4.39 Å². The van der Waals surface area contributed by atoms with Gasteiger partial charge in [-0.25, -0.2) is 4.39 Å². The third-order valence-corrected chi connectivity index (χ3v) is 4.19. The molecule has 0 aliphatic carbocycles. The minimum absolute atomic E-state index is 0.408. The first-order chi connectivity index (χ1) is 9.09. The summed E-state index contributed by atoms with van der Waals surface area (Å²) in [5.41, 5.74) is -0.00756. The summed E-state index contributed by atoms with van der Waals surface area (Å²) in [5.74, 6) is -0.408. The molecule has 96 valence electrons. The van der Waals surface area contributed by atoms with Gasteiger partial charge in [0.25, 0.3) is 0 Å². The summed E-state index contributed by atoms with van der Waals surface area (Å²) in [7, 11) is 0. The monoisotopic (exact) mass is 273 g/mol. The van der Waals surface area contributed by atoms with Crippen LogP contribution < -0.4 is 0 Å². The van der Waals surface area contributed by atoms with Gasteiger partial charge < -0.3 is 5.11 Å². The van der Waals surface area contributed by atoms with Gasteiger partial charge in [0.05, 0.1) is 11.9 Å². The van der Waals surface area contributed by atoms with Crippen LogP contribution in [0.5, 0.6) is 0 Å². The Kier molecular flexibility index (Phi) is 2.84. The number of nitrogens with zero attached hydrogens (tertiary/aromatic N) is 1. The van der Waals surface area contributed by atoms with Gasteiger partial charge in [-0.2, -0.15) is 0 Å². The van der Waals surface area contributed by atoms with Crippen molar-refractivity contribution in [1.82, 2.24) is 4.98 Å². The molecule has 4 heteroatoms. The van der Waals surface area contributed by atoms with Crippen LogP contribution in [-0.2, 0) is 5.60 Å². The Labute approximate surface area is 114 Å². The van der Waals surface area contributed by atoms with E-state index < -0.39 is 11.4 Å². The quantitative estimate of drug-likeness (QED) is 0.772. The van der Waals surface area contributed by atoms with Crippen molar-refractivity contribution in [2.45, 2.75) is 12.5 Å². The Hall–Kier alpha value is -1.78. The molecule has 0 radical (unpaired) electrons. The largest absolute Gasteiger partial charge is 0.379 e. The number of hydrogen-bond donors (Lipinski definition) is 1. The second kappa shape index (κ2) is 4.40. The Morgan fingerprint density at radius 1 is 1.21 bits per heavy atom. The molecule has 0 aliphatic heterocycles. The second-order valence-corrected chi connectivity index (χ2v) is 5.49. The molecule has 0 saturated heterocycles. The number of aliphatic hydroxyl groups is 1. The van der Waals surface area contributed by atoms with Crippen LogP contribution in [0.15, 0.2) is 48.0 Å². The lowest BCUT2D eigenvalue weighted by atomic mass is 9.91. The summed E-state index contributed by atoms with van der Waals surface area (Å²) in [6.07, 6.45) is 1.12. The maximum atomic E-state index is 12.9. The molecule has 2 heterocycles. The first-order valence-corrected chi connectivity index (χ1v) is 6.78. The molecule has 2 aromatic heterocycles. The maximum absolute atomic E-state index is 12.9. The molecule has 0 bridgehead atoms. The molecular formula is C15H12FNOS. The maximum Gasteiger partial charge on any atom is 0.141 e. The van der Waals surface area contributed by atoms with E-state index in [-0.39, 0.29) is 0 Å². The van der Waals surface area contributed by atoms with Gasteiger partial charge >= 0.3 is 0 Å². The third kappa shape index (κ3) is 2.03. The van der Waals surface area contributed by atoms with Crippen molar-refractivity contribution < 1.29 is 9.50 Å². The Balaban J connectivity index is 2.18. The Morgan fingerprint density at radius 3 is 2.79 bits per heavy atom. The smallest absolute Gasteiger partial charge is 0.141 e. The molecule has 1 aromatic carbocycles. The minimum atomic E-state index is -1.24. The minimum Gasteiger partial charge on any atom is -0.379 e. The highest BCUT2D eigenvalue weighted by atomic mass is 32.1. The molecule has 1 unspecified atom stereocenters. The zero-order valence-corrected chi connectivity index (χ0v) is 11.1. The molecule has 0 aliphatic rings. The van der Waals surface area contributed by atoms with E-state index in [1.807, 2.05) is 29.6 Å². The predicted octanol–water partition coefficient (Wildman–Crippen LogP) is 3.69. The highest BCUT2D eigenvalue weighted by Gasteiger charge is 2.29. The molecule has 1 N–H and O–H groups in total. The normalized spacial score (nSPS) is 14.5. The average molecular weight is 273 g/mol. The number of halogens is 1. The van der Waals surface area contributed by atoms with Crippen molar-refractivity contribution in [3.63, 3.8) is 0 Å². The summed E-state index contributed by atoms with van der Waals surface area (Å²) >= 11 is 1.58. The van der Waals surface area contributed by atoms with Crippen molar-refractivity contribution in [2.24, 2.45) is 0 Å². The van der Waals surface area contributed by atoms with Gasteiger partial charge in [0.2, 0.25) is 0 Å². The van der Waals surface area contributed by atoms with Gasteiger partial charge in [-0.15, -0.1) is 11.3 Å². The van der Waals surface area contributed by atoms with E-state index in [1.54, 1.807) is 18.3 Å². The number of pyridine rings is 1. The zero-order chi connectivity index (χ0) is 13.5. The van der Waals surface area contributed by atoms with Crippen LogP contribution in [0.3, 0.4) is 0 Å². The third-order valence-electron chi connectivity index (χ3n) is 3.23. The van der Waals surface area contributed by atoms with Gasteiger partial charge in [0.15, 0.2) is 0 Å². The molecule has 0 fully saturated rings. The second-order valence-electron chi connectivity index (χ2n) is 4.58. The lowest BCUT2D eigenvalue weighted by Crippen LogP contribution is -2.24. The van der Waals surface area contributed by atoms with Crippen LogP contribution in [0.2, 0.25) is 0 Å². The van der Waals surface area contributed by atoms with Gasteiger partial charge in [-0.05, 0) is 35.9 Å². The molecular weight excluding hydrogens is 261 g/mol. The fourth-order valence-electron chi connectivity index (χ4n) is 2.18. The topological polar surface area (TPSA) is 33.1 Å². The number of hydrogen-bond acceptors (Lipinski definition) is 3. The first-order valence-electron chi connectivity index (χ1n) is 5.90. The first kappa shape index (κ1) is 12.3. The summed E-state index contributed by atoms with van der Waals surface area (Å²) in [5, 5.41) is 13.9. The molecule has 0 spiro atoms. The molecule has 0 amide bonds. The fraction of sp³-hybridized carbons (Fsp3) is 0.133. The summed E-state index contributed by atoms with van der Waals surface area (Å²) in [6.45, 7) is 1.68. The van der Waals surface area contributed by atoms with Gasteiger partial charge in [0.1, 0.15) is 11.4 Å². The van der Waals surface area contributed by atoms with E-state index in [2.05, 4.69) is 4.98 Å². The average Bonchev–Trinajstić information content (AvgIpc) is 2.87. The van der Waals surface area contributed by atoms with Crippen molar-refractivity contribution in [1.29, 1.82) is 0 Å². The number of rotatable bonds is 2. The zero-order valence-electron chi connectivity index (χ0n) is 10.3. The van der Waals surface area contributed by atoms with E-state index in [1.165, 1.54) is 12.1 Å². The molecule has 3 rings (SSSR count). The van der Waals surface area contributed by atoms with E-state index in [9.17, 15) is 9.50 Å². The van der Waals surface area contributed by atoms with Gasteiger partial charge in [-0.3, -0.25) is 4.98 Å². The van der Waals surface area contributed by atoms with Crippen molar-refractivity contribution in [3.05, 3.63) is 65.0 Å². The van der Waals surface area contributed by atoms with E-state index in [0.717, 1.165) is 21.8 Å². The van der Waals surface area contributed by atoms with Crippen LogP contribution >= 0.6 is 11.3 Å². The molecule has 0 saturated carbocycles. The number of benzene rings is 1. The van der Waals surface area contributed by atoms with Crippen molar-refractivity contribution >= 4 is 21.4 Å². The van der Waals surface area contributed by atoms with Crippen molar-refractivity contribution in [2.75, 3.05) is 0 Å². The van der Waals surface area contributed by atoms with Crippen LogP contribution in [0.25, 0.3) is 10.1 Å². The van der Waals surface area contributed by atoms with Crippen LogP contribution in [-0.4, -0.2) is 10.1 Å². The summed E-state index contributed by atoms with van der Waals surface area (Å²) in [6, 6.07) is 10.6. The van der Waals surface area contributed by atoms with Crippen molar-refractivity contribution in [3.8, 4) is 0 Å².